The van der Waals surface area contributed by atoms with Gasteiger partial charge in [0.1, 0.15) is 0 Å². The Labute approximate surface area is 91.1 Å². The Kier molecular flexibility index (Phi) is 3.89. The molecule has 78 valence electrons. The molecular weight excluding hydrogens is 249 g/mol. The SMILES string of the molecule is CC(CCN)c1c(Br)ccc(F)c1O. The summed E-state index contributed by atoms with van der Waals surface area (Å²) < 4.78 is 13.8. The first-order valence-electron chi connectivity index (χ1n) is 4.44. The van der Waals surface area contributed by atoms with Crippen LogP contribution in [-0.4, -0.2) is 11.7 Å². The molecule has 3 N–H and O–H groups in total. The first-order chi connectivity index (χ1) is 6.57. The number of nitrogens with two attached hydrogens (primary N) is 1. The van der Waals surface area contributed by atoms with Gasteiger partial charge in [-0.15, -0.1) is 0 Å². The van der Waals surface area contributed by atoms with Crippen molar-refractivity contribution in [2.24, 2.45) is 5.73 Å². The van der Waals surface area contributed by atoms with Gasteiger partial charge in [0, 0.05) is 10.0 Å². The summed E-state index contributed by atoms with van der Waals surface area (Å²) in [7, 11) is 0. The highest BCUT2D eigenvalue weighted by Crippen LogP contribution is 2.35. The van der Waals surface area contributed by atoms with Crippen LogP contribution in [0.15, 0.2) is 16.6 Å². The fourth-order valence-corrected chi connectivity index (χ4v) is 2.13. The molecule has 0 heterocycles. The number of hydrogen-bond donors (Lipinski definition) is 2. The number of benzene rings is 1. The van der Waals surface area contributed by atoms with Gasteiger partial charge < -0.3 is 10.8 Å². The summed E-state index contributed by atoms with van der Waals surface area (Å²) in [6, 6.07) is 2.83. The maximum atomic E-state index is 13.1. The zero-order valence-corrected chi connectivity index (χ0v) is 9.51. The van der Waals surface area contributed by atoms with Crippen LogP contribution in [0, 0.1) is 5.82 Å². The van der Waals surface area contributed by atoms with Gasteiger partial charge in [0.15, 0.2) is 11.6 Å². The van der Waals surface area contributed by atoms with Gasteiger partial charge in [-0.05, 0) is 31.0 Å². The molecule has 0 saturated heterocycles. The topological polar surface area (TPSA) is 46.2 Å². The Bertz CT molecular complexity index is 330. The molecule has 0 bridgehead atoms. The summed E-state index contributed by atoms with van der Waals surface area (Å²) in [6.07, 6.45) is 0.718. The second kappa shape index (κ2) is 4.75. The molecule has 1 atom stereocenters. The molecule has 2 nitrogen and oxygen atoms in total. The van der Waals surface area contributed by atoms with E-state index in [-0.39, 0.29) is 11.7 Å². The predicted octanol–water partition coefficient (Wildman–Crippen LogP) is 2.75. The molecule has 1 aromatic rings. The van der Waals surface area contributed by atoms with Crippen molar-refractivity contribution in [2.75, 3.05) is 6.54 Å². The Hall–Kier alpha value is -0.610. The molecule has 0 aliphatic carbocycles. The van der Waals surface area contributed by atoms with Crippen LogP contribution in [0.5, 0.6) is 5.75 Å². The van der Waals surface area contributed by atoms with Gasteiger partial charge in [0.2, 0.25) is 0 Å². The van der Waals surface area contributed by atoms with E-state index in [0.717, 1.165) is 10.9 Å². The zero-order valence-electron chi connectivity index (χ0n) is 7.93. The van der Waals surface area contributed by atoms with Crippen molar-refractivity contribution in [3.05, 3.63) is 28.0 Å². The summed E-state index contributed by atoms with van der Waals surface area (Å²) in [5.74, 6) is -0.822. The molecular formula is C10H13BrFNO. The number of halogens is 2. The highest BCUT2D eigenvalue weighted by molar-refractivity contribution is 9.10. The molecule has 1 aromatic carbocycles. The van der Waals surface area contributed by atoms with Gasteiger partial charge in [0.05, 0.1) is 0 Å². The third kappa shape index (κ3) is 2.25. The molecule has 0 fully saturated rings. The summed E-state index contributed by atoms with van der Waals surface area (Å²) in [5.41, 5.74) is 6.01. The number of hydrogen-bond acceptors (Lipinski definition) is 2. The summed E-state index contributed by atoms with van der Waals surface area (Å²) >= 11 is 3.28. The minimum absolute atomic E-state index is 0.0464. The Balaban J connectivity index is 3.11. The van der Waals surface area contributed by atoms with Crippen molar-refractivity contribution >= 4 is 15.9 Å². The maximum Gasteiger partial charge on any atom is 0.165 e. The van der Waals surface area contributed by atoms with E-state index in [1.165, 1.54) is 6.07 Å². The van der Waals surface area contributed by atoms with Crippen molar-refractivity contribution in [3.63, 3.8) is 0 Å². The molecule has 0 amide bonds. The van der Waals surface area contributed by atoms with Gasteiger partial charge in [-0.2, -0.15) is 0 Å². The molecule has 14 heavy (non-hydrogen) atoms. The summed E-state index contributed by atoms with van der Waals surface area (Å²) in [5, 5.41) is 9.53. The van der Waals surface area contributed by atoms with E-state index >= 15 is 0 Å². The second-order valence-electron chi connectivity index (χ2n) is 3.27. The van der Waals surface area contributed by atoms with Crippen LogP contribution >= 0.6 is 15.9 Å². The van der Waals surface area contributed by atoms with Gasteiger partial charge in [0.25, 0.3) is 0 Å². The Morgan fingerprint density at radius 1 is 1.57 bits per heavy atom. The lowest BCUT2D eigenvalue weighted by Crippen LogP contribution is -2.05. The molecule has 1 rings (SSSR count). The van der Waals surface area contributed by atoms with Gasteiger partial charge in [-0.3, -0.25) is 0 Å². The molecule has 0 spiro atoms. The Morgan fingerprint density at radius 2 is 2.21 bits per heavy atom. The monoisotopic (exact) mass is 261 g/mol. The second-order valence-corrected chi connectivity index (χ2v) is 4.12. The molecule has 4 heteroatoms. The molecule has 0 saturated carbocycles. The first-order valence-corrected chi connectivity index (χ1v) is 5.24. The average molecular weight is 262 g/mol. The number of phenols is 1. The van der Waals surface area contributed by atoms with E-state index in [1.54, 1.807) is 6.07 Å². The highest BCUT2D eigenvalue weighted by Gasteiger charge is 2.16. The first kappa shape index (κ1) is 11.5. The lowest BCUT2D eigenvalue weighted by molar-refractivity contribution is 0.419. The quantitative estimate of drug-likeness (QED) is 0.879. The molecule has 0 aliphatic heterocycles. The minimum Gasteiger partial charge on any atom is -0.505 e. The van der Waals surface area contributed by atoms with E-state index in [4.69, 9.17) is 5.73 Å². The van der Waals surface area contributed by atoms with E-state index in [1.807, 2.05) is 6.92 Å². The van der Waals surface area contributed by atoms with Crippen molar-refractivity contribution in [1.82, 2.24) is 0 Å². The molecule has 1 unspecified atom stereocenters. The van der Waals surface area contributed by atoms with Crippen LogP contribution in [0.25, 0.3) is 0 Å². The zero-order chi connectivity index (χ0) is 10.7. The van der Waals surface area contributed by atoms with E-state index in [2.05, 4.69) is 15.9 Å². The smallest absolute Gasteiger partial charge is 0.165 e. The van der Waals surface area contributed by atoms with Crippen LogP contribution in [0.3, 0.4) is 0 Å². The third-order valence-electron chi connectivity index (χ3n) is 2.21. The summed E-state index contributed by atoms with van der Waals surface area (Å²) in [6.45, 7) is 2.43. The van der Waals surface area contributed by atoms with E-state index < -0.39 is 5.82 Å². The fourth-order valence-electron chi connectivity index (χ4n) is 1.42. The number of rotatable bonds is 3. The van der Waals surface area contributed by atoms with Gasteiger partial charge in [-0.25, -0.2) is 4.39 Å². The molecule has 0 radical (unpaired) electrons. The van der Waals surface area contributed by atoms with Crippen molar-refractivity contribution < 1.29 is 9.50 Å². The highest BCUT2D eigenvalue weighted by atomic mass is 79.9. The lowest BCUT2D eigenvalue weighted by atomic mass is 9.97. The number of aromatic hydroxyl groups is 1. The standard InChI is InChI=1S/C10H13BrFNO/c1-6(4-5-13)9-7(11)2-3-8(12)10(9)14/h2-3,6,14H,4-5,13H2,1H3. The average Bonchev–Trinajstić information content (AvgIpc) is 2.13. The van der Waals surface area contributed by atoms with Crippen LogP contribution in [0.2, 0.25) is 0 Å². The van der Waals surface area contributed by atoms with Crippen LogP contribution in [0.1, 0.15) is 24.8 Å². The maximum absolute atomic E-state index is 13.1. The van der Waals surface area contributed by atoms with Crippen LogP contribution in [0.4, 0.5) is 4.39 Å². The summed E-state index contributed by atoms with van der Waals surface area (Å²) in [4.78, 5) is 0. The van der Waals surface area contributed by atoms with Crippen molar-refractivity contribution in [3.8, 4) is 5.75 Å². The van der Waals surface area contributed by atoms with E-state index in [9.17, 15) is 9.50 Å². The molecule has 0 aliphatic rings. The fraction of sp³-hybridized carbons (Fsp3) is 0.400. The largest absolute Gasteiger partial charge is 0.505 e. The molecule has 0 aromatic heterocycles. The normalized spacial score (nSPS) is 12.9. The third-order valence-corrected chi connectivity index (χ3v) is 2.90. The Morgan fingerprint density at radius 3 is 2.79 bits per heavy atom. The van der Waals surface area contributed by atoms with Crippen LogP contribution in [-0.2, 0) is 0 Å². The van der Waals surface area contributed by atoms with Crippen molar-refractivity contribution in [1.29, 1.82) is 0 Å². The van der Waals surface area contributed by atoms with Crippen molar-refractivity contribution in [2.45, 2.75) is 19.3 Å². The number of phenolic OH excluding ortho intramolecular Hbond substituents is 1. The van der Waals surface area contributed by atoms with Gasteiger partial charge in [-0.1, -0.05) is 22.9 Å². The predicted molar refractivity (Wildman–Crippen MR) is 57.9 cm³/mol. The minimum atomic E-state index is -0.591. The van der Waals surface area contributed by atoms with E-state index in [0.29, 0.717) is 12.1 Å². The lowest BCUT2D eigenvalue weighted by Gasteiger charge is -2.14. The van der Waals surface area contributed by atoms with Crippen LogP contribution < -0.4 is 5.73 Å². The van der Waals surface area contributed by atoms with Gasteiger partial charge >= 0.3 is 0 Å².